The van der Waals surface area contributed by atoms with E-state index in [4.69, 9.17) is 5.73 Å². The number of nitrogens with zero attached hydrogens (tertiary/aromatic N) is 1. The zero-order chi connectivity index (χ0) is 14.3. The number of hydrogen-bond donors (Lipinski definition) is 2. The van der Waals surface area contributed by atoms with Gasteiger partial charge in [-0.3, -0.25) is 5.10 Å². The predicted octanol–water partition coefficient (Wildman–Crippen LogP) is 3.80. The fourth-order valence-corrected chi connectivity index (χ4v) is 2.73. The van der Waals surface area contributed by atoms with Crippen LogP contribution >= 0.6 is 11.3 Å². The Labute approximate surface area is 115 Å². The second-order valence-electron chi connectivity index (χ2n) is 4.06. The summed E-state index contributed by atoms with van der Waals surface area (Å²) in [6, 6.07) is 5.60. The van der Waals surface area contributed by atoms with Crippen molar-refractivity contribution in [3.8, 4) is 21.7 Å². The molecule has 3 aromatic rings. The molecule has 3 rings (SSSR count). The molecule has 0 saturated carbocycles. The highest BCUT2D eigenvalue weighted by atomic mass is 32.1. The number of nitrogens with one attached hydrogen (secondary N) is 1. The van der Waals surface area contributed by atoms with Crippen LogP contribution in [0, 0.1) is 17.5 Å². The van der Waals surface area contributed by atoms with Crippen molar-refractivity contribution in [2.75, 3.05) is 5.73 Å². The maximum atomic E-state index is 13.9. The number of nitrogen functional groups attached to an aromatic ring is 1. The summed E-state index contributed by atoms with van der Waals surface area (Å²) in [5, 5.41) is 8.21. The van der Waals surface area contributed by atoms with Crippen LogP contribution in [0.3, 0.4) is 0 Å². The molecule has 0 saturated heterocycles. The Balaban J connectivity index is 2.25. The molecular formula is C13H8F3N3S. The maximum Gasteiger partial charge on any atom is 0.195 e. The third-order valence-electron chi connectivity index (χ3n) is 2.87. The van der Waals surface area contributed by atoms with E-state index in [0.717, 1.165) is 17.0 Å². The number of anilines is 1. The van der Waals surface area contributed by atoms with Crippen LogP contribution in [0.5, 0.6) is 0 Å². The molecular weight excluding hydrogens is 287 g/mol. The van der Waals surface area contributed by atoms with Crippen LogP contribution in [0.2, 0.25) is 0 Å². The van der Waals surface area contributed by atoms with Gasteiger partial charge in [-0.15, -0.1) is 11.3 Å². The summed E-state index contributed by atoms with van der Waals surface area (Å²) >= 11 is 1.39. The minimum Gasteiger partial charge on any atom is -0.382 e. The van der Waals surface area contributed by atoms with Crippen LogP contribution in [0.1, 0.15) is 0 Å². The number of aromatic nitrogens is 2. The highest BCUT2D eigenvalue weighted by molar-refractivity contribution is 7.13. The van der Waals surface area contributed by atoms with E-state index in [2.05, 4.69) is 10.2 Å². The highest BCUT2D eigenvalue weighted by Crippen LogP contribution is 2.38. The fraction of sp³-hybridized carbons (Fsp3) is 0. The summed E-state index contributed by atoms with van der Waals surface area (Å²) in [4.78, 5) is 0.760. The highest BCUT2D eigenvalue weighted by Gasteiger charge is 2.21. The number of benzene rings is 1. The molecule has 102 valence electrons. The van der Waals surface area contributed by atoms with E-state index in [9.17, 15) is 13.2 Å². The summed E-state index contributed by atoms with van der Waals surface area (Å²) in [7, 11) is 0. The summed E-state index contributed by atoms with van der Waals surface area (Å²) < 4.78 is 40.2. The van der Waals surface area contributed by atoms with E-state index >= 15 is 0 Å². The number of H-pyrrole nitrogens is 1. The predicted molar refractivity (Wildman–Crippen MR) is 71.6 cm³/mol. The first-order valence-corrected chi connectivity index (χ1v) is 6.49. The average molecular weight is 295 g/mol. The Morgan fingerprint density at radius 1 is 1.10 bits per heavy atom. The Kier molecular flexibility index (Phi) is 2.98. The summed E-state index contributed by atoms with van der Waals surface area (Å²) in [5.41, 5.74) is 6.35. The lowest BCUT2D eigenvalue weighted by Crippen LogP contribution is -1.95. The quantitative estimate of drug-likeness (QED) is 0.706. The van der Waals surface area contributed by atoms with E-state index < -0.39 is 17.5 Å². The van der Waals surface area contributed by atoms with Crippen LogP contribution in [0.15, 0.2) is 29.6 Å². The molecule has 2 aromatic heterocycles. The maximum absolute atomic E-state index is 13.9. The number of aromatic amines is 1. The van der Waals surface area contributed by atoms with E-state index in [1.165, 1.54) is 11.3 Å². The standard InChI is InChI=1S/C13H8F3N3S/c14-7-4-3-6(10(15)11(7)16)12-9(13(17)19-18-12)8-2-1-5-20-8/h1-5H,(H3,17,18,19). The van der Waals surface area contributed by atoms with Gasteiger partial charge in [0, 0.05) is 10.4 Å². The van der Waals surface area contributed by atoms with Gasteiger partial charge < -0.3 is 5.73 Å². The van der Waals surface area contributed by atoms with Gasteiger partial charge >= 0.3 is 0 Å². The molecule has 3 nitrogen and oxygen atoms in total. The van der Waals surface area contributed by atoms with Crippen LogP contribution < -0.4 is 5.73 Å². The molecule has 1 aromatic carbocycles. The van der Waals surface area contributed by atoms with Crippen LogP contribution in [0.25, 0.3) is 21.7 Å². The molecule has 20 heavy (non-hydrogen) atoms. The fourth-order valence-electron chi connectivity index (χ4n) is 1.94. The number of nitrogens with two attached hydrogens (primary N) is 1. The Hall–Kier alpha value is -2.28. The number of halogens is 3. The van der Waals surface area contributed by atoms with Crippen molar-refractivity contribution in [2.45, 2.75) is 0 Å². The molecule has 3 N–H and O–H groups in total. The Bertz CT molecular complexity index is 766. The van der Waals surface area contributed by atoms with Crippen LogP contribution in [-0.4, -0.2) is 10.2 Å². The molecule has 0 amide bonds. The largest absolute Gasteiger partial charge is 0.382 e. The minimum atomic E-state index is -1.52. The van der Waals surface area contributed by atoms with Crippen molar-refractivity contribution in [3.05, 3.63) is 47.1 Å². The van der Waals surface area contributed by atoms with Gasteiger partial charge in [-0.25, -0.2) is 13.2 Å². The van der Waals surface area contributed by atoms with Crippen LogP contribution in [0.4, 0.5) is 19.0 Å². The Morgan fingerprint density at radius 2 is 1.90 bits per heavy atom. The van der Waals surface area contributed by atoms with Crippen LogP contribution in [-0.2, 0) is 0 Å². The molecule has 0 fully saturated rings. The number of rotatable bonds is 2. The molecule has 2 heterocycles. The lowest BCUT2D eigenvalue weighted by Gasteiger charge is -2.05. The van der Waals surface area contributed by atoms with Crippen molar-refractivity contribution in [3.63, 3.8) is 0 Å². The van der Waals surface area contributed by atoms with Gasteiger partial charge in [-0.05, 0) is 23.6 Å². The molecule has 7 heteroatoms. The first-order chi connectivity index (χ1) is 9.59. The zero-order valence-corrected chi connectivity index (χ0v) is 10.8. The summed E-state index contributed by atoms with van der Waals surface area (Å²) in [6.45, 7) is 0. The van der Waals surface area contributed by atoms with Gasteiger partial charge in [-0.1, -0.05) is 6.07 Å². The van der Waals surface area contributed by atoms with Crippen molar-refractivity contribution < 1.29 is 13.2 Å². The van der Waals surface area contributed by atoms with Gasteiger partial charge in [0.1, 0.15) is 0 Å². The first-order valence-electron chi connectivity index (χ1n) is 5.61. The monoisotopic (exact) mass is 295 g/mol. The summed E-state index contributed by atoms with van der Waals surface area (Å²) in [5.74, 6) is -3.86. The van der Waals surface area contributed by atoms with Crippen molar-refractivity contribution in [1.82, 2.24) is 10.2 Å². The Morgan fingerprint density at radius 3 is 2.60 bits per heavy atom. The number of thiophene rings is 1. The van der Waals surface area contributed by atoms with Gasteiger partial charge in [0.15, 0.2) is 23.3 Å². The molecule has 0 aliphatic rings. The van der Waals surface area contributed by atoms with Gasteiger partial charge in [0.2, 0.25) is 0 Å². The van der Waals surface area contributed by atoms with Crippen molar-refractivity contribution in [1.29, 1.82) is 0 Å². The van der Waals surface area contributed by atoms with E-state index in [-0.39, 0.29) is 17.1 Å². The molecule has 0 aliphatic carbocycles. The molecule has 0 spiro atoms. The zero-order valence-electron chi connectivity index (χ0n) is 9.95. The van der Waals surface area contributed by atoms with E-state index in [1.807, 2.05) is 5.38 Å². The SMILES string of the molecule is Nc1n[nH]c(-c2ccc(F)c(F)c2F)c1-c1cccs1. The van der Waals surface area contributed by atoms with Gasteiger partial charge in [-0.2, -0.15) is 5.10 Å². The second-order valence-corrected chi connectivity index (χ2v) is 5.01. The topological polar surface area (TPSA) is 54.7 Å². The number of hydrogen-bond acceptors (Lipinski definition) is 3. The lowest BCUT2D eigenvalue weighted by atomic mass is 10.1. The third kappa shape index (κ3) is 1.87. The molecule has 0 aliphatic heterocycles. The molecule has 0 radical (unpaired) electrons. The molecule has 0 atom stereocenters. The normalized spacial score (nSPS) is 10.9. The molecule has 0 bridgehead atoms. The van der Waals surface area contributed by atoms with Crippen molar-refractivity contribution in [2.24, 2.45) is 0 Å². The lowest BCUT2D eigenvalue weighted by molar-refractivity contribution is 0.449. The average Bonchev–Trinajstić information content (AvgIpc) is 3.05. The van der Waals surface area contributed by atoms with E-state index in [1.54, 1.807) is 12.1 Å². The van der Waals surface area contributed by atoms with Gasteiger partial charge in [0.05, 0.1) is 11.3 Å². The van der Waals surface area contributed by atoms with E-state index in [0.29, 0.717) is 5.56 Å². The smallest absolute Gasteiger partial charge is 0.195 e. The third-order valence-corrected chi connectivity index (χ3v) is 3.75. The first kappa shape index (κ1) is 12.7. The second kappa shape index (κ2) is 4.68. The van der Waals surface area contributed by atoms with Gasteiger partial charge in [0.25, 0.3) is 0 Å². The summed E-state index contributed by atoms with van der Waals surface area (Å²) in [6.07, 6.45) is 0. The van der Waals surface area contributed by atoms with Crippen molar-refractivity contribution >= 4 is 17.2 Å². The molecule has 0 unspecified atom stereocenters. The minimum absolute atomic E-state index is 0.114.